The molecule has 0 aromatic heterocycles. The van der Waals surface area contributed by atoms with Crippen LogP contribution in [-0.2, 0) is 14.9 Å². The zero-order valence-electron chi connectivity index (χ0n) is 24.9. The van der Waals surface area contributed by atoms with Gasteiger partial charge in [0.2, 0.25) is 5.91 Å². The van der Waals surface area contributed by atoms with Crippen LogP contribution >= 0.6 is 0 Å². The number of carbonyl (C=O) groups is 1. The van der Waals surface area contributed by atoms with Gasteiger partial charge < -0.3 is 15.5 Å². The van der Waals surface area contributed by atoms with Crippen molar-refractivity contribution < 1.29 is 28.0 Å². The predicted octanol–water partition coefficient (Wildman–Crippen LogP) is 7.04. The van der Waals surface area contributed by atoms with Gasteiger partial charge in [-0.25, -0.2) is 0 Å². The van der Waals surface area contributed by atoms with Gasteiger partial charge in [0.05, 0.1) is 17.9 Å². The minimum absolute atomic E-state index is 0.277. The van der Waals surface area contributed by atoms with Gasteiger partial charge in [-0.2, -0.15) is 8.42 Å². The van der Waals surface area contributed by atoms with Crippen molar-refractivity contribution in [3.63, 3.8) is 0 Å². The lowest BCUT2D eigenvalue weighted by Crippen LogP contribution is -2.50. The van der Waals surface area contributed by atoms with Gasteiger partial charge in [0.25, 0.3) is 10.1 Å². The first-order valence-corrected chi connectivity index (χ1v) is 17.3. The maximum Gasteiger partial charge on any atom is 0.267 e. The molecule has 0 bridgehead atoms. The predicted molar refractivity (Wildman–Crippen MR) is 162 cm³/mol. The average Bonchev–Trinajstić information content (AvgIpc) is 2.88. The van der Waals surface area contributed by atoms with E-state index in [2.05, 4.69) is 31.3 Å². The fourth-order valence-electron chi connectivity index (χ4n) is 4.53. The molecule has 0 heterocycles. The maximum atomic E-state index is 12.4. The van der Waals surface area contributed by atoms with Crippen LogP contribution in [0.15, 0.2) is 24.3 Å². The molecule has 0 aliphatic carbocycles. The van der Waals surface area contributed by atoms with Crippen molar-refractivity contribution in [2.45, 2.75) is 161 Å². The van der Waals surface area contributed by atoms with Gasteiger partial charge in [0.1, 0.15) is 6.10 Å². The molecule has 0 aromatic rings. The summed E-state index contributed by atoms with van der Waals surface area (Å²) in [5.74, 6) is -1.56. The number of nitrogens with one attached hydrogen (secondary N) is 1. The Kier molecular flexibility index (Phi) is 24.9. The molecule has 0 saturated carbocycles. The van der Waals surface area contributed by atoms with Crippen molar-refractivity contribution in [1.29, 1.82) is 0 Å². The molecular weight excluding hydrogens is 514 g/mol. The largest absolute Gasteiger partial charge is 0.387 e. The third kappa shape index (κ3) is 25.5. The molecule has 3 atom stereocenters. The monoisotopic (exact) mass is 573 g/mol. The van der Waals surface area contributed by atoms with Gasteiger partial charge >= 0.3 is 0 Å². The lowest BCUT2D eigenvalue weighted by atomic mass is 10.0. The summed E-state index contributed by atoms with van der Waals surface area (Å²) in [6.07, 6.45) is 26.8. The van der Waals surface area contributed by atoms with E-state index in [0.717, 1.165) is 32.1 Å². The van der Waals surface area contributed by atoms with E-state index in [9.17, 15) is 28.0 Å². The van der Waals surface area contributed by atoms with E-state index in [-0.39, 0.29) is 6.42 Å². The highest BCUT2D eigenvalue weighted by Gasteiger charge is 2.27. The van der Waals surface area contributed by atoms with Crippen LogP contribution in [0.4, 0.5) is 0 Å². The van der Waals surface area contributed by atoms with Crippen molar-refractivity contribution in [2.75, 3.05) is 5.75 Å². The van der Waals surface area contributed by atoms with Crippen LogP contribution in [0.3, 0.4) is 0 Å². The molecular formula is C31H59NO6S. The molecule has 3 unspecified atom stereocenters. The molecule has 0 aromatic carbocycles. The first-order chi connectivity index (χ1) is 18.7. The molecule has 0 aliphatic rings. The number of rotatable bonds is 27. The highest BCUT2D eigenvalue weighted by Crippen LogP contribution is 2.14. The highest BCUT2D eigenvalue weighted by atomic mass is 32.2. The Morgan fingerprint density at radius 2 is 1.15 bits per heavy atom. The van der Waals surface area contributed by atoms with E-state index < -0.39 is 40.0 Å². The molecule has 230 valence electrons. The van der Waals surface area contributed by atoms with Crippen LogP contribution < -0.4 is 5.32 Å². The SMILES string of the molecule is CCCCC/C=C/CC/C=C/C(O)C(CS(=O)(=O)O)NC(=O)C(O)CCCCCCCCCCCCCCC. The molecule has 4 N–H and O–H groups in total. The fourth-order valence-corrected chi connectivity index (χ4v) is 5.26. The number of aliphatic hydroxyl groups is 2. The number of aliphatic hydroxyl groups excluding tert-OH is 2. The van der Waals surface area contributed by atoms with Gasteiger partial charge in [-0.1, -0.05) is 134 Å². The number of hydrogen-bond donors (Lipinski definition) is 4. The first-order valence-electron chi connectivity index (χ1n) is 15.6. The van der Waals surface area contributed by atoms with Crippen molar-refractivity contribution >= 4 is 16.0 Å². The number of allylic oxidation sites excluding steroid dienone is 3. The van der Waals surface area contributed by atoms with Crippen LogP contribution in [0.25, 0.3) is 0 Å². The zero-order chi connectivity index (χ0) is 29.2. The van der Waals surface area contributed by atoms with Gasteiger partial charge in [-0.15, -0.1) is 0 Å². The molecule has 0 rings (SSSR count). The smallest absolute Gasteiger partial charge is 0.267 e. The van der Waals surface area contributed by atoms with Crippen LogP contribution in [0.1, 0.15) is 142 Å². The lowest BCUT2D eigenvalue weighted by Gasteiger charge is -2.22. The van der Waals surface area contributed by atoms with Crippen LogP contribution in [0, 0.1) is 0 Å². The number of amides is 1. The summed E-state index contributed by atoms with van der Waals surface area (Å²) in [4.78, 5) is 12.4. The summed E-state index contributed by atoms with van der Waals surface area (Å²) in [5, 5.41) is 23.1. The Morgan fingerprint density at radius 3 is 1.69 bits per heavy atom. The van der Waals surface area contributed by atoms with Crippen LogP contribution in [-0.4, -0.2) is 53.1 Å². The molecule has 39 heavy (non-hydrogen) atoms. The molecule has 8 heteroatoms. The van der Waals surface area contributed by atoms with Gasteiger partial charge in [-0.05, 0) is 32.1 Å². The Morgan fingerprint density at radius 1 is 0.692 bits per heavy atom. The second-order valence-electron chi connectivity index (χ2n) is 10.9. The van der Waals surface area contributed by atoms with E-state index in [1.165, 1.54) is 83.1 Å². The van der Waals surface area contributed by atoms with Crippen LogP contribution in [0.5, 0.6) is 0 Å². The fraction of sp³-hybridized carbons (Fsp3) is 0.839. The summed E-state index contributed by atoms with van der Waals surface area (Å²) < 4.78 is 32.1. The van der Waals surface area contributed by atoms with Crippen molar-refractivity contribution in [3.05, 3.63) is 24.3 Å². The topological polar surface area (TPSA) is 124 Å². The molecule has 0 aliphatic heterocycles. The number of unbranched alkanes of at least 4 members (excludes halogenated alkanes) is 16. The van der Waals surface area contributed by atoms with E-state index in [1.807, 2.05) is 0 Å². The summed E-state index contributed by atoms with van der Waals surface area (Å²) >= 11 is 0. The summed E-state index contributed by atoms with van der Waals surface area (Å²) in [7, 11) is -4.43. The van der Waals surface area contributed by atoms with Crippen LogP contribution in [0.2, 0.25) is 0 Å². The summed E-state index contributed by atoms with van der Waals surface area (Å²) in [5.41, 5.74) is 0. The quantitative estimate of drug-likeness (QED) is 0.0475. The van der Waals surface area contributed by atoms with Crippen molar-refractivity contribution in [1.82, 2.24) is 5.32 Å². The minimum atomic E-state index is -4.43. The Balaban J connectivity index is 4.23. The standard InChI is InChI=1S/C31H59NO6S/c1-3-5-7-9-11-13-14-15-16-18-20-22-24-26-30(34)31(35)32-28(27-39(36,37)38)29(33)25-23-21-19-17-12-10-8-6-4-2/h12,17,23,25,28-30,33-34H,3-11,13-16,18-22,24,26-27H2,1-2H3,(H,32,35)(H,36,37,38)/b17-12+,25-23+. The summed E-state index contributed by atoms with van der Waals surface area (Å²) in [6.45, 7) is 4.40. The molecule has 7 nitrogen and oxygen atoms in total. The van der Waals surface area contributed by atoms with Gasteiger partial charge in [0, 0.05) is 0 Å². The Hall–Kier alpha value is -1.22. The third-order valence-electron chi connectivity index (χ3n) is 6.99. The second-order valence-corrected chi connectivity index (χ2v) is 12.4. The Bertz CT molecular complexity index is 737. The number of hydrogen-bond acceptors (Lipinski definition) is 5. The summed E-state index contributed by atoms with van der Waals surface area (Å²) in [6, 6.07) is -1.24. The van der Waals surface area contributed by atoms with Crippen molar-refractivity contribution in [2.24, 2.45) is 0 Å². The maximum absolute atomic E-state index is 12.4. The van der Waals surface area contributed by atoms with E-state index in [0.29, 0.717) is 12.8 Å². The normalized spacial score (nSPS) is 14.7. The third-order valence-corrected chi connectivity index (χ3v) is 7.77. The minimum Gasteiger partial charge on any atom is -0.387 e. The first kappa shape index (κ1) is 37.8. The average molecular weight is 574 g/mol. The molecule has 0 saturated heterocycles. The lowest BCUT2D eigenvalue weighted by molar-refractivity contribution is -0.130. The molecule has 0 spiro atoms. The molecule has 0 radical (unpaired) electrons. The van der Waals surface area contributed by atoms with E-state index in [1.54, 1.807) is 6.08 Å². The van der Waals surface area contributed by atoms with Crippen molar-refractivity contribution in [3.8, 4) is 0 Å². The van der Waals surface area contributed by atoms with E-state index >= 15 is 0 Å². The molecule has 0 fully saturated rings. The highest BCUT2D eigenvalue weighted by molar-refractivity contribution is 7.85. The molecule has 1 amide bonds. The van der Waals surface area contributed by atoms with E-state index in [4.69, 9.17) is 0 Å². The zero-order valence-corrected chi connectivity index (χ0v) is 25.7. The number of carbonyl (C=O) groups excluding carboxylic acids is 1. The second kappa shape index (κ2) is 25.7. The van der Waals surface area contributed by atoms with Gasteiger partial charge in [-0.3, -0.25) is 9.35 Å². The van der Waals surface area contributed by atoms with Gasteiger partial charge in [0.15, 0.2) is 0 Å². The Labute approximate surface area is 239 Å².